The maximum absolute atomic E-state index is 12.7. The minimum absolute atomic E-state index is 0.191. The zero-order valence-corrected chi connectivity index (χ0v) is 20.5. The molecule has 0 radical (unpaired) electrons. The Morgan fingerprint density at radius 3 is 2.42 bits per heavy atom. The van der Waals surface area contributed by atoms with Gasteiger partial charge in [-0.25, -0.2) is 13.2 Å². The number of nitrogens with zero attached hydrogens (tertiary/aromatic N) is 1. The lowest BCUT2D eigenvalue weighted by atomic mass is 10.2. The highest BCUT2D eigenvalue weighted by Gasteiger charge is 2.22. The highest BCUT2D eigenvalue weighted by Crippen LogP contribution is 2.29. The summed E-state index contributed by atoms with van der Waals surface area (Å²) in [6.07, 6.45) is 0. The van der Waals surface area contributed by atoms with Gasteiger partial charge in [-0.15, -0.1) is 11.3 Å². The number of ether oxygens (including phenoxy) is 2. The first kappa shape index (κ1) is 24.7. The van der Waals surface area contributed by atoms with Gasteiger partial charge in [0, 0.05) is 23.5 Å². The van der Waals surface area contributed by atoms with Crippen molar-refractivity contribution in [3.05, 3.63) is 52.9 Å². The van der Waals surface area contributed by atoms with Gasteiger partial charge in [0.1, 0.15) is 10.6 Å². The van der Waals surface area contributed by atoms with Crippen LogP contribution in [0.2, 0.25) is 0 Å². The number of amides is 1. The van der Waals surface area contributed by atoms with Crippen molar-refractivity contribution in [1.82, 2.24) is 4.31 Å². The number of thiophene rings is 1. The molecule has 0 aliphatic carbocycles. The van der Waals surface area contributed by atoms with Gasteiger partial charge >= 0.3 is 5.97 Å². The second-order valence-electron chi connectivity index (χ2n) is 7.21. The van der Waals surface area contributed by atoms with Crippen molar-refractivity contribution < 1.29 is 27.5 Å². The summed E-state index contributed by atoms with van der Waals surface area (Å²) < 4.78 is 38.0. The third-order valence-electron chi connectivity index (χ3n) is 5.03. The van der Waals surface area contributed by atoms with Gasteiger partial charge in [0.15, 0.2) is 6.61 Å². The van der Waals surface area contributed by atoms with E-state index in [1.54, 1.807) is 51.1 Å². The topological polar surface area (TPSA) is 102 Å². The molecule has 0 saturated heterocycles. The van der Waals surface area contributed by atoms with Crippen LogP contribution in [0.15, 0.2) is 47.4 Å². The molecule has 0 atom stereocenters. The van der Waals surface area contributed by atoms with Crippen LogP contribution < -0.4 is 10.1 Å². The fourth-order valence-electron chi connectivity index (χ4n) is 3.32. The van der Waals surface area contributed by atoms with E-state index < -0.39 is 16.0 Å². The number of nitrogens with one attached hydrogen (secondary N) is 1. The monoisotopic (exact) mass is 490 g/mol. The smallest absolute Gasteiger partial charge is 0.348 e. The fraction of sp³-hybridized carbons (Fsp3) is 0.304. The van der Waals surface area contributed by atoms with E-state index in [4.69, 9.17) is 9.47 Å². The van der Waals surface area contributed by atoms with E-state index in [2.05, 4.69) is 5.32 Å². The molecule has 1 N–H and O–H groups in total. The number of fused-ring (bicyclic) bond motifs is 1. The van der Waals surface area contributed by atoms with Gasteiger partial charge in [0.05, 0.1) is 12.0 Å². The molecule has 0 aliphatic heterocycles. The molecule has 0 fully saturated rings. The molecule has 0 unspecified atom stereocenters. The molecule has 3 rings (SSSR count). The molecule has 3 aromatic rings. The Bertz CT molecular complexity index is 1280. The summed E-state index contributed by atoms with van der Waals surface area (Å²) in [5, 5.41) is 3.58. The zero-order valence-electron chi connectivity index (χ0n) is 18.9. The van der Waals surface area contributed by atoms with Crippen molar-refractivity contribution in [2.75, 3.05) is 32.1 Å². The number of esters is 1. The van der Waals surface area contributed by atoms with Crippen LogP contribution in [0.1, 0.15) is 29.1 Å². The molecule has 0 spiro atoms. The van der Waals surface area contributed by atoms with E-state index in [1.165, 1.54) is 28.8 Å². The number of hydrogen-bond acceptors (Lipinski definition) is 7. The summed E-state index contributed by atoms with van der Waals surface area (Å²) in [5.41, 5.74) is 1.19. The predicted octanol–water partition coefficient (Wildman–Crippen LogP) is 4.04. The van der Waals surface area contributed by atoms with Gasteiger partial charge in [0.25, 0.3) is 5.91 Å². The Hall–Kier alpha value is -2.95. The minimum atomic E-state index is -3.57. The maximum atomic E-state index is 12.7. The van der Waals surface area contributed by atoms with Crippen molar-refractivity contribution in [3.63, 3.8) is 0 Å². The van der Waals surface area contributed by atoms with Gasteiger partial charge < -0.3 is 14.8 Å². The average molecular weight is 491 g/mol. The molecule has 0 aliphatic rings. The first-order chi connectivity index (χ1) is 15.7. The van der Waals surface area contributed by atoms with E-state index >= 15 is 0 Å². The highest BCUT2D eigenvalue weighted by atomic mass is 32.2. The standard InChI is InChI=1S/C23H26N2O6S2/c1-5-25(6-2)33(28,29)18-8-9-19(15(3)11-18)31-14-22(26)24-17-7-10-20-16(12-17)13-21(32-20)23(27)30-4/h7-13H,5-6,14H2,1-4H3,(H,24,26). The number of methoxy groups -OCH3 is 1. The van der Waals surface area contributed by atoms with Crippen LogP contribution >= 0.6 is 11.3 Å². The van der Waals surface area contributed by atoms with Gasteiger partial charge in [-0.2, -0.15) is 4.31 Å². The summed E-state index contributed by atoms with van der Waals surface area (Å²) in [5.74, 6) is -0.335. The summed E-state index contributed by atoms with van der Waals surface area (Å²) in [6.45, 7) is 5.85. The molecule has 1 heterocycles. The minimum Gasteiger partial charge on any atom is -0.483 e. The SMILES string of the molecule is CCN(CC)S(=O)(=O)c1ccc(OCC(=O)Nc2ccc3sc(C(=O)OC)cc3c2)c(C)c1. The lowest BCUT2D eigenvalue weighted by molar-refractivity contribution is -0.118. The lowest BCUT2D eigenvalue weighted by Gasteiger charge is -2.19. The van der Waals surface area contributed by atoms with E-state index in [9.17, 15) is 18.0 Å². The van der Waals surface area contributed by atoms with Crippen LogP contribution in [0.25, 0.3) is 10.1 Å². The number of anilines is 1. The van der Waals surface area contributed by atoms with Crippen LogP contribution in [0.4, 0.5) is 5.69 Å². The Morgan fingerprint density at radius 1 is 1.06 bits per heavy atom. The number of carbonyl (C=O) groups is 2. The van der Waals surface area contributed by atoms with E-state index in [0.29, 0.717) is 35.0 Å². The zero-order chi connectivity index (χ0) is 24.2. The molecule has 33 heavy (non-hydrogen) atoms. The van der Waals surface area contributed by atoms with Gasteiger partial charge in [-0.1, -0.05) is 13.8 Å². The summed E-state index contributed by atoms with van der Waals surface area (Å²) in [6, 6.07) is 11.6. The number of carbonyl (C=O) groups excluding carboxylic acids is 2. The summed E-state index contributed by atoms with van der Waals surface area (Å²) in [4.78, 5) is 24.8. The Kier molecular flexibility index (Phi) is 7.72. The van der Waals surface area contributed by atoms with Crippen molar-refractivity contribution in [3.8, 4) is 5.75 Å². The predicted molar refractivity (Wildman–Crippen MR) is 129 cm³/mol. The van der Waals surface area contributed by atoms with Crippen LogP contribution in [0.3, 0.4) is 0 Å². The first-order valence-corrected chi connectivity index (χ1v) is 12.6. The van der Waals surface area contributed by atoms with Crippen LogP contribution in [0.5, 0.6) is 5.75 Å². The normalized spacial score (nSPS) is 11.5. The molecule has 0 saturated carbocycles. The largest absolute Gasteiger partial charge is 0.483 e. The van der Waals surface area contributed by atoms with Crippen LogP contribution in [0, 0.1) is 6.92 Å². The van der Waals surface area contributed by atoms with E-state index in [0.717, 1.165) is 10.1 Å². The fourth-order valence-corrected chi connectivity index (χ4v) is 5.82. The van der Waals surface area contributed by atoms with Crippen LogP contribution in [-0.2, 0) is 19.6 Å². The second kappa shape index (κ2) is 10.3. The quantitative estimate of drug-likeness (QED) is 0.454. The molecule has 176 valence electrons. The lowest BCUT2D eigenvalue weighted by Crippen LogP contribution is -2.30. The Balaban J connectivity index is 1.65. The maximum Gasteiger partial charge on any atom is 0.348 e. The number of sulfonamides is 1. The second-order valence-corrected chi connectivity index (χ2v) is 10.2. The number of aryl methyl sites for hydroxylation is 1. The van der Waals surface area contributed by atoms with Gasteiger partial charge in [0.2, 0.25) is 10.0 Å². The molecule has 10 heteroatoms. The third-order valence-corrected chi connectivity index (χ3v) is 8.18. The van der Waals surface area contributed by atoms with Crippen molar-refractivity contribution in [2.45, 2.75) is 25.7 Å². The summed E-state index contributed by atoms with van der Waals surface area (Å²) in [7, 11) is -2.23. The molecule has 0 bridgehead atoms. The average Bonchev–Trinajstić information content (AvgIpc) is 3.21. The van der Waals surface area contributed by atoms with E-state index in [1.807, 2.05) is 6.07 Å². The van der Waals surface area contributed by atoms with Gasteiger partial charge in [-0.05, 0) is 60.3 Å². The third kappa shape index (κ3) is 5.52. The Morgan fingerprint density at radius 2 is 1.79 bits per heavy atom. The molecule has 1 amide bonds. The van der Waals surface area contributed by atoms with Crippen LogP contribution in [-0.4, -0.2) is 51.4 Å². The van der Waals surface area contributed by atoms with Crippen molar-refractivity contribution >= 4 is 49.0 Å². The molecular weight excluding hydrogens is 464 g/mol. The van der Waals surface area contributed by atoms with Crippen molar-refractivity contribution in [2.24, 2.45) is 0 Å². The first-order valence-electron chi connectivity index (χ1n) is 10.3. The van der Waals surface area contributed by atoms with E-state index in [-0.39, 0.29) is 17.4 Å². The number of benzene rings is 2. The number of hydrogen-bond donors (Lipinski definition) is 1. The molecule has 8 nitrogen and oxygen atoms in total. The molecular formula is C23H26N2O6S2. The summed E-state index contributed by atoms with van der Waals surface area (Å²) >= 11 is 1.32. The Labute approximate surface area is 197 Å². The van der Waals surface area contributed by atoms with Gasteiger partial charge in [-0.3, -0.25) is 4.79 Å². The molecule has 1 aromatic heterocycles. The molecule has 2 aromatic carbocycles. The highest BCUT2D eigenvalue weighted by molar-refractivity contribution is 7.89. The van der Waals surface area contributed by atoms with Crippen molar-refractivity contribution in [1.29, 1.82) is 0 Å². The number of rotatable bonds is 9.